The second kappa shape index (κ2) is 10.5. The van der Waals surface area contributed by atoms with Gasteiger partial charge in [0.25, 0.3) is 0 Å². The summed E-state index contributed by atoms with van der Waals surface area (Å²) in [6.07, 6.45) is 6.90. The average molecular weight is 462 g/mol. The summed E-state index contributed by atoms with van der Waals surface area (Å²) in [7, 11) is 1.82. The van der Waals surface area contributed by atoms with Crippen molar-refractivity contribution in [2.24, 2.45) is 12.2 Å². The summed E-state index contributed by atoms with van der Waals surface area (Å²) in [6, 6.07) is 16.8. The number of oxime groups is 1. The average Bonchev–Trinajstić information content (AvgIpc) is 3.10. The van der Waals surface area contributed by atoms with E-state index in [1.807, 2.05) is 63.4 Å². The lowest BCUT2D eigenvalue weighted by molar-refractivity contribution is -0.0269. The van der Waals surface area contributed by atoms with Gasteiger partial charge in [0, 0.05) is 7.05 Å². The maximum absolute atomic E-state index is 12.5. The number of benzene rings is 2. The Bertz CT molecular complexity index is 1130. The molecule has 0 N–H and O–H groups in total. The highest BCUT2D eigenvalue weighted by atomic mass is 16.6. The van der Waals surface area contributed by atoms with E-state index in [4.69, 9.17) is 14.3 Å². The third kappa shape index (κ3) is 5.84. The number of ether oxygens (including phenoxy) is 2. The number of aromatic nitrogens is 2. The Morgan fingerprint density at radius 2 is 1.79 bits per heavy atom. The molecule has 1 aromatic heterocycles. The lowest BCUT2D eigenvalue weighted by atomic mass is 9.86. The zero-order valence-electron chi connectivity index (χ0n) is 20.0. The molecule has 1 saturated carbocycles. The highest BCUT2D eigenvalue weighted by molar-refractivity contribution is 5.89. The molecule has 2 aromatic carbocycles. The van der Waals surface area contributed by atoms with E-state index < -0.39 is 0 Å². The van der Waals surface area contributed by atoms with Gasteiger partial charge in [0.15, 0.2) is 0 Å². The Morgan fingerprint density at radius 1 is 1.09 bits per heavy atom. The van der Waals surface area contributed by atoms with Crippen molar-refractivity contribution in [3.63, 3.8) is 0 Å². The number of carbonyl (C=O) groups excluding carboxylic acids is 1. The molecule has 1 fully saturated rings. The van der Waals surface area contributed by atoms with Crippen LogP contribution in [0, 0.1) is 6.92 Å². The number of para-hydroxylation sites is 1. The van der Waals surface area contributed by atoms with Gasteiger partial charge >= 0.3 is 5.97 Å². The molecule has 0 spiro atoms. The molecule has 1 aliphatic carbocycles. The maximum atomic E-state index is 12.5. The number of rotatable bonds is 8. The SMILES string of the molecule is Cc1nn(C)c(Oc2ccccc2)c1/C=N/OCc1ccc(C(=O)OC2(C)CCCCC2)cc1. The van der Waals surface area contributed by atoms with Crippen molar-refractivity contribution in [3.8, 4) is 11.6 Å². The molecule has 7 nitrogen and oxygen atoms in total. The first-order valence-corrected chi connectivity index (χ1v) is 11.7. The minimum absolute atomic E-state index is 0.270. The van der Waals surface area contributed by atoms with E-state index >= 15 is 0 Å². The molecule has 7 heteroatoms. The maximum Gasteiger partial charge on any atom is 0.338 e. The third-order valence-corrected chi connectivity index (χ3v) is 6.10. The Labute approximate surface area is 200 Å². The number of aryl methyl sites for hydroxylation is 2. The van der Waals surface area contributed by atoms with Crippen LogP contribution in [0.25, 0.3) is 0 Å². The van der Waals surface area contributed by atoms with Gasteiger partial charge in [-0.1, -0.05) is 41.9 Å². The normalized spacial score (nSPS) is 15.3. The fourth-order valence-corrected chi connectivity index (χ4v) is 4.15. The molecule has 0 aliphatic heterocycles. The molecule has 178 valence electrons. The number of hydrogen-bond donors (Lipinski definition) is 0. The van der Waals surface area contributed by atoms with Crippen LogP contribution in [-0.2, 0) is 23.2 Å². The van der Waals surface area contributed by atoms with E-state index in [0.717, 1.165) is 48.3 Å². The molecular weight excluding hydrogens is 430 g/mol. The van der Waals surface area contributed by atoms with Crippen LogP contribution in [0.4, 0.5) is 0 Å². The first kappa shape index (κ1) is 23.5. The van der Waals surface area contributed by atoms with Gasteiger partial charge in [-0.15, -0.1) is 0 Å². The fourth-order valence-electron chi connectivity index (χ4n) is 4.15. The summed E-state index contributed by atoms with van der Waals surface area (Å²) in [6.45, 7) is 4.20. The third-order valence-electron chi connectivity index (χ3n) is 6.10. The molecule has 34 heavy (non-hydrogen) atoms. The molecule has 0 amide bonds. The van der Waals surface area contributed by atoms with Gasteiger partial charge in [-0.25, -0.2) is 9.48 Å². The Kier molecular flexibility index (Phi) is 7.30. The summed E-state index contributed by atoms with van der Waals surface area (Å²) in [5.74, 6) is 1.04. The van der Waals surface area contributed by atoms with E-state index in [-0.39, 0.29) is 18.2 Å². The zero-order chi connectivity index (χ0) is 24.0. The summed E-state index contributed by atoms with van der Waals surface area (Å²) in [5, 5.41) is 8.53. The monoisotopic (exact) mass is 461 g/mol. The van der Waals surface area contributed by atoms with Gasteiger partial charge in [-0.2, -0.15) is 5.10 Å². The highest BCUT2D eigenvalue weighted by Crippen LogP contribution is 2.32. The molecule has 1 aliphatic rings. The minimum Gasteiger partial charge on any atom is -0.456 e. The van der Waals surface area contributed by atoms with Crippen LogP contribution in [0.15, 0.2) is 59.8 Å². The topological polar surface area (TPSA) is 74.9 Å². The Balaban J connectivity index is 1.33. The van der Waals surface area contributed by atoms with Crippen molar-refractivity contribution in [1.82, 2.24) is 9.78 Å². The minimum atomic E-state index is -0.348. The summed E-state index contributed by atoms with van der Waals surface area (Å²) < 4.78 is 13.5. The van der Waals surface area contributed by atoms with Crippen LogP contribution in [0.3, 0.4) is 0 Å². The number of carbonyl (C=O) groups is 1. The molecular formula is C27H31N3O4. The first-order chi connectivity index (χ1) is 16.4. The first-order valence-electron chi connectivity index (χ1n) is 11.7. The van der Waals surface area contributed by atoms with Crippen LogP contribution in [-0.4, -0.2) is 27.6 Å². The van der Waals surface area contributed by atoms with Crippen molar-refractivity contribution in [3.05, 3.63) is 77.0 Å². The van der Waals surface area contributed by atoms with Crippen LogP contribution in [0.5, 0.6) is 11.6 Å². The smallest absolute Gasteiger partial charge is 0.338 e. The van der Waals surface area contributed by atoms with Gasteiger partial charge < -0.3 is 14.3 Å². The molecule has 1 heterocycles. The number of esters is 1. The molecule has 0 atom stereocenters. The number of hydrogen-bond acceptors (Lipinski definition) is 6. The van der Waals surface area contributed by atoms with E-state index in [9.17, 15) is 4.79 Å². The zero-order valence-corrected chi connectivity index (χ0v) is 20.0. The summed E-state index contributed by atoms with van der Waals surface area (Å²) in [4.78, 5) is 18.0. The number of nitrogens with zero attached hydrogens (tertiary/aromatic N) is 3. The lowest BCUT2D eigenvalue weighted by Crippen LogP contribution is -2.33. The van der Waals surface area contributed by atoms with Crippen molar-refractivity contribution >= 4 is 12.2 Å². The predicted octanol–water partition coefficient (Wildman–Crippen LogP) is 5.95. The molecule has 0 radical (unpaired) electrons. The second-order valence-electron chi connectivity index (χ2n) is 8.95. The van der Waals surface area contributed by atoms with Crippen LogP contribution in [0.2, 0.25) is 0 Å². The molecule has 0 saturated heterocycles. The van der Waals surface area contributed by atoms with Crippen molar-refractivity contribution in [2.75, 3.05) is 0 Å². The fraction of sp³-hybridized carbons (Fsp3) is 0.370. The largest absolute Gasteiger partial charge is 0.456 e. The standard InChI is InChI=1S/C27H31N3O4/c1-20-24(25(30(3)29-20)33-23-10-6-4-7-11-23)18-28-32-19-21-12-14-22(15-13-21)26(31)34-27(2)16-8-5-9-17-27/h4,6-7,10-15,18H,5,8-9,16-17,19H2,1-3H3/b28-18+. The van der Waals surface area contributed by atoms with Gasteiger partial charge in [-0.3, -0.25) is 0 Å². The van der Waals surface area contributed by atoms with Crippen LogP contribution >= 0.6 is 0 Å². The Hall–Kier alpha value is -3.61. The van der Waals surface area contributed by atoms with Crippen molar-refractivity contribution < 1.29 is 19.1 Å². The van der Waals surface area contributed by atoms with Gasteiger partial charge in [-0.05, 0) is 69.4 Å². The van der Waals surface area contributed by atoms with Crippen molar-refractivity contribution in [1.29, 1.82) is 0 Å². The van der Waals surface area contributed by atoms with E-state index in [1.165, 1.54) is 6.42 Å². The van der Waals surface area contributed by atoms with E-state index in [1.54, 1.807) is 23.0 Å². The summed E-state index contributed by atoms with van der Waals surface area (Å²) in [5.41, 5.74) is 2.64. The van der Waals surface area contributed by atoms with E-state index in [2.05, 4.69) is 10.3 Å². The van der Waals surface area contributed by atoms with Gasteiger partial charge in [0.1, 0.15) is 18.0 Å². The molecule has 4 rings (SSSR count). The van der Waals surface area contributed by atoms with Crippen LogP contribution < -0.4 is 4.74 Å². The van der Waals surface area contributed by atoms with E-state index in [0.29, 0.717) is 11.4 Å². The quantitative estimate of drug-likeness (QED) is 0.235. The summed E-state index contributed by atoms with van der Waals surface area (Å²) >= 11 is 0. The van der Waals surface area contributed by atoms with Gasteiger partial charge in [0.05, 0.1) is 23.0 Å². The molecule has 0 bridgehead atoms. The van der Waals surface area contributed by atoms with Gasteiger partial charge in [0.2, 0.25) is 5.88 Å². The lowest BCUT2D eigenvalue weighted by Gasteiger charge is -2.33. The van der Waals surface area contributed by atoms with Crippen molar-refractivity contribution in [2.45, 2.75) is 58.2 Å². The Morgan fingerprint density at radius 3 is 2.50 bits per heavy atom. The van der Waals surface area contributed by atoms with Crippen LogP contribution in [0.1, 0.15) is 66.2 Å². The second-order valence-corrected chi connectivity index (χ2v) is 8.95. The predicted molar refractivity (Wildman–Crippen MR) is 130 cm³/mol. The molecule has 0 unspecified atom stereocenters. The molecule has 3 aromatic rings. The highest BCUT2D eigenvalue weighted by Gasteiger charge is 2.31.